The average Bonchev–Trinajstić information content (AvgIpc) is 1.78. The Hall–Kier alpha value is -8.48. The topological polar surface area (TPSA) is 255 Å². The van der Waals surface area contributed by atoms with Gasteiger partial charge >= 0.3 is 12.4 Å². The second-order valence-corrected chi connectivity index (χ2v) is 24.3. The van der Waals surface area contributed by atoms with E-state index in [4.69, 9.17) is 5.73 Å². The number of aromatic amines is 3. The number of nitriles is 1. The van der Waals surface area contributed by atoms with Crippen molar-refractivity contribution in [3.63, 3.8) is 0 Å². The quantitative estimate of drug-likeness (QED) is 0.0658. The van der Waals surface area contributed by atoms with E-state index < -0.39 is 40.7 Å². The van der Waals surface area contributed by atoms with Gasteiger partial charge < -0.3 is 30.9 Å². The molecule has 12 rings (SSSR count). The number of aromatic nitrogens is 12. The van der Waals surface area contributed by atoms with E-state index in [1.807, 2.05) is 23.6 Å². The van der Waals surface area contributed by atoms with Gasteiger partial charge in [-0.15, -0.1) is 0 Å². The smallest absolute Gasteiger partial charge is 0.388 e. The fraction of sp³-hybridized carbons (Fsp3) is 0.452. The predicted octanol–water partition coefficient (Wildman–Crippen LogP) is 12.7. The minimum absolute atomic E-state index is 0. The third-order valence-electron chi connectivity index (χ3n) is 17.7. The molecule has 0 radical (unpaired) electrons. The molecule has 3 aliphatic rings. The van der Waals surface area contributed by atoms with Crippen LogP contribution in [0.2, 0.25) is 0 Å². The molecule has 89 heavy (non-hydrogen) atoms. The van der Waals surface area contributed by atoms with Gasteiger partial charge in [0.2, 0.25) is 0 Å². The molecule has 4 atom stereocenters. The zero-order valence-corrected chi connectivity index (χ0v) is 50.2. The minimum Gasteiger partial charge on any atom is -0.388 e. The Morgan fingerprint density at radius 2 is 1.19 bits per heavy atom. The normalized spacial score (nSPS) is 19.7. The summed E-state index contributed by atoms with van der Waals surface area (Å²) in [6, 6.07) is 18.3. The van der Waals surface area contributed by atoms with Gasteiger partial charge in [-0.2, -0.15) is 46.9 Å². The first-order valence-electron chi connectivity index (χ1n) is 29.5. The number of nitrogens with zero attached hydrogens (tertiary/aromatic N) is 13. The standard InChI is InChI=1S/C22H23F3N6.C20H23F3N6.C20H24F2N6O.4H2/c1-14(2)12-21(13-26)7-10-31(11-8-21)17-6-5-16(22(23,24)25)19(28-17)18-15-4-3-9-27-20(15)30-29-18;1-3-19(2)11-29(10-8-14(19)24)15-7-6-13(20(21,22)23)17(26-15)16-12-5-4-9-25-18(12)28-27-16;1-11(2)20(3,29)15-10-28(8-7-23-15)19-14(22)9-13(21)17(25-19)16-12-5-4-6-24-18(12)27-26-16;;;;/h3-6,9,14H,7-8,10-12H2,1-2H3,(H,27,29,30);4-7,9,14H,3,8,10-11,24H2,1-2H3,(H,25,27,28);4-6,9,11,15,23,29H,7-8,10H2,1-3H3,(H,24,26,27);4*1H. The number of H-pyrrole nitrogens is 3. The van der Waals surface area contributed by atoms with Crippen LogP contribution in [0.25, 0.3) is 67.3 Å². The molecule has 3 saturated heterocycles. The van der Waals surface area contributed by atoms with Crippen molar-refractivity contribution in [1.29, 1.82) is 5.26 Å². The second kappa shape index (κ2) is 25.2. The van der Waals surface area contributed by atoms with Gasteiger partial charge in [0.15, 0.2) is 34.4 Å². The zero-order chi connectivity index (χ0) is 63.8. The SMILES string of the molecule is CC(C)C(C)(O)C1CN(c2nc(-c3[nH]nc4ncccc34)c(F)cc2F)CCN1.CC(C)CC1(C#N)CCN(c2ccc(C(F)(F)F)c(-c3[nH]nc4ncccc34)n2)CC1.CCC1(C)CN(c2ccc(C(F)(F)F)c(-c3[nH]nc4ncccc34)n2)CCC1N.[HH].[HH].[HH].[HH]. The molecule has 12 heterocycles. The van der Waals surface area contributed by atoms with Crippen LogP contribution in [0.15, 0.2) is 85.3 Å². The number of rotatable bonds is 11. The molecule has 3 fully saturated rings. The molecule has 0 saturated carbocycles. The molecule has 0 bridgehead atoms. The fourth-order valence-corrected chi connectivity index (χ4v) is 11.9. The summed E-state index contributed by atoms with van der Waals surface area (Å²) in [5.74, 6) is -0.0785. The first-order valence-corrected chi connectivity index (χ1v) is 29.5. The Labute approximate surface area is 513 Å². The van der Waals surface area contributed by atoms with E-state index in [1.54, 1.807) is 60.6 Å². The number of alkyl halides is 6. The van der Waals surface area contributed by atoms with Crippen molar-refractivity contribution in [3.05, 3.63) is 108 Å². The maximum Gasteiger partial charge on any atom is 0.418 e. The fourth-order valence-electron chi connectivity index (χ4n) is 11.9. The van der Waals surface area contributed by atoms with E-state index in [2.05, 4.69) is 99.6 Å². The Morgan fingerprint density at radius 1 is 0.697 bits per heavy atom. The molecular weight excluding hydrogens is 1160 g/mol. The van der Waals surface area contributed by atoms with Gasteiger partial charge in [-0.3, -0.25) is 15.3 Å². The number of hydrogen-bond donors (Lipinski definition) is 6. The van der Waals surface area contributed by atoms with Crippen molar-refractivity contribution < 1.29 is 45.9 Å². The predicted molar refractivity (Wildman–Crippen MR) is 331 cm³/mol. The summed E-state index contributed by atoms with van der Waals surface area (Å²) >= 11 is 0. The molecule has 0 aromatic carbocycles. The summed E-state index contributed by atoms with van der Waals surface area (Å²) in [7, 11) is 0. The lowest BCUT2D eigenvalue weighted by Crippen LogP contribution is -2.62. The number of nitrogens with one attached hydrogen (secondary N) is 4. The highest BCUT2D eigenvalue weighted by molar-refractivity contribution is 5.92. The van der Waals surface area contributed by atoms with Crippen molar-refractivity contribution in [2.24, 2.45) is 28.4 Å². The van der Waals surface area contributed by atoms with Crippen molar-refractivity contribution in [3.8, 4) is 40.2 Å². The van der Waals surface area contributed by atoms with Crippen LogP contribution in [0.1, 0.15) is 97.4 Å². The van der Waals surface area contributed by atoms with Gasteiger partial charge in [0.1, 0.15) is 28.7 Å². The molecule has 3 aliphatic heterocycles. The molecule has 4 unspecified atom stereocenters. The maximum atomic E-state index is 14.7. The lowest BCUT2D eigenvalue weighted by atomic mass is 9.74. The first-order chi connectivity index (χ1) is 42.2. The van der Waals surface area contributed by atoms with Gasteiger partial charge in [0.05, 0.1) is 51.3 Å². The number of piperazine rings is 1. The lowest BCUT2D eigenvalue weighted by Gasteiger charge is -2.45. The summed E-state index contributed by atoms with van der Waals surface area (Å²) in [5.41, 5.74) is 4.70. The van der Waals surface area contributed by atoms with Crippen molar-refractivity contribution in [2.75, 3.05) is 60.5 Å². The van der Waals surface area contributed by atoms with E-state index in [-0.39, 0.29) is 68.8 Å². The van der Waals surface area contributed by atoms with E-state index in [0.29, 0.717) is 115 Å². The number of fused-ring (bicyclic) bond motifs is 3. The number of hydrogen-bond acceptors (Lipinski definition) is 16. The highest BCUT2D eigenvalue weighted by atomic mass is 19.4. The molecule has 0 spiro atoms. The van der Waals surface area contributed by atoms with Crippen LogP contribution >= 0.6 is 0 Å². The van der Waals surface area contributed by atoms with Crippen LogP contribution in [0, 0.1) is 45.6 Å². The monoisotopic (exact) mass is 1240 g/mol. The summed E-state index contributed by atoms with van der Waals surface area (Å²) in [5, 5.41) is 45.7. The van der Waals surface area contributed by atoms with E-state index in [0.717, 1.165) is 37.5 Å². The summed E-state index contributed by atoms with van der Waals surface area (Å²) in [4.78, 5) is 31.2. The molecule has 27 heteroatoms. The van der Waals surface area contributed by atoms with Gasteiger partial charge in [-0.1, -0.05) is 41.5 Å². The Bertz CT molecular complexity index is 4020. The molecule has 9 aromatic rings. The van der Waals surface area contributed by atoms with E-state index in [1.165, 1.54) is 18.3 Å². The van der Waals surface area contributed by atoms with Gasteiger partial charge in [-0.25, -0.2) is 38.7 Å². The Balaban J connectivity index is 0.000000217. The van der Waals surface area contributed by atoms with E-state index in [9.17, 15) is 45.5 Å². The van der Waals surface area contributed by atoms with Crippen LogP contribution in [0.3, 0.4) is 0 Å². The largest absolute Gasteiger partial charge is 0.418 e. The minimum atomic E-state index is -4.56. The van der Waals surface area contributed by atoms with Gasteiger partial charge in [0.25, 0.3) is 0 Å². The molecule has 0 aliphatic carbocycles. The third-order valence-corrected chi connectivity index (χ3v) is 17.7. The number of anilines is 3. The van der Waals surface area contributed by atoms with Crippen molar-refractivity contribution in [2.45, 2.75) is 111 Å². The highest BCUT2D eigenvalue weighted by Crippen LogP contribution is 2.44. The summed E-state index contributed by atoms with van der Waals surface area (Å²) < 4.78 is 112. The molecule has 7 N–H and O–H groups in total. The molecule has 19 nitrogen and oxygen atoms in total. The summed E-state index contributed by atoms with van der Waals surface area (Å²) in [6.07, 6.45) is -0.637. The molecular formula is C62H78F8N18O. The molecule has 9 aromatic heterocycles. The number of pyridine rings is 6. The lowest BCUT2D eigenvalue weighted by molar-refractivity contribution is -0.138. The maximum absolute atomic E-state index is 14.7. The van der Waals surface area contributed by atoms with Gasteiger partial charge in [-0.05, 0) is 112 Å². The third kappa shape index (κ3) is 13.2. The van der Waals surface area contributed by atoms with Crippen LogP contribution in [-0.4, -0.2) is 129 Å². The Morgan fingerprint density at radius 3 is 1.65 bits per heavy atom. The Kier molecular flexibility index (Phi) is 18.0. The first kappa shape index (κ1) is 63.5. The van der Waals surface area contributed by atoms with Crippen molar-refractivity contribution in [1.82, 2.24) is 65.8 Å². The van der Waals surface area contributed by atoms with Crippen molar-refractivity contribution >= 4 is 50.6 Å². The van der Waals surface area contributed by atoms with E-state index >= 15 is 0 Å². The molecule has 0 amide bonds. The number of aliphatic hydroxyl groups is 1. The number of nitrogens with two attached hydrogens (primary N) is 1. The van der Waals surface area contributed by atoms with Crippen LogP contribution < -0.4 is 25.8 Å². The number of piperidine rings is 2. The summed E-state index contributed by atoms with van der Waals surface area (Å²) in [6.45, 7) is 17.9. The van der Waals surface area contributed by atoms with Crippen LogP contribution in [-0.2, 0) is 12.4 Å². The van der Waals surface area contributed by atoms with Crippen LogP contribution in [0.5, 0.6) is 0 Å². The molecule has 478 valence electrons. The highest BCUT2D eigenvalue weighted by Gasteiger charge is 2.42. The number of halogens is 8. The average molecular weight is 1240 g/mol. The van der Waals surface area contributed by atoms with Crippen LogP contribution in [0.4, 0.5) is 52.6 Å². The second-order valence-electron chi connectivity index (χ2n) is 24.3. The zero-order valence-electron chi connectivity index (χ0n) is 50.2. The van der Waals surface area contributed by atoms with Gasteiger partial charge in [0, 0.05) is 104 Å².